The molecule has 0 spiro atoms. The van der Waals surface area contributed by atoms with Gasteiger partial charge in [0.15, 0.2) is 0 Å². The molecule has 0 radical (unpaired) electrons. The van der Waals surface area contributed by atoms with E-state index < -0.39 is 0 Å². The molecule has 4 heteroatoms. The lowest BCUT2D eigenvalue weighted by Crippen LogP contribution is -2.24. The molecule has 0 saturated carbocycles. The lowest BCUT2D eigenvalue weighted by atomic mass is 10.2. The van der Waals surface area contributed by atoms with E-state index in [0.29, 0.717) is 17.2 Å². The third kappa shape index (κ3) is 1.92. The molecule has 1 heterocycles. The second-order valence-electron chi connectivity index (χ2n) is 3.47. The Morgan fingerprint density at radius 3 is 2.87 bits per heavy atom. The van der Waals surface area contributed by atoms with Crippen molar-refractivity contribution in [2.24, 2.45) is 0 Å². The molecule has 0 aliphatic carbocycles. The van der Waals surface area contributed by atoms with E-state index >= 15 is 0 Å². The van der Waals surface area contributed by atoms with Gasteiger partial charge in [-0.2, -0.15) is 0 Å². The minimum atomic E-state index is 0.135. The molecule has 0 aromatic heterocycles. The molecule has 15 heavy (non-hydrogen) atoms. The van der Waals surface area contributed by atoms with Crippen molar-refractivity contribution < 1.29 is 9.53 Å². The summed E-state index contributed by atoms with van der Waals surface area (Å²) in [6, 6.07) is 5.30. The van der Waals surface area contributed by atoms with Crippen LogP contribution in [0.15, 0.2) is 18.2 Å². The van der Waals surface area contributed by atoms with Crippen molar-refractivity contribution in [3.8, 4) is 5.75 Å². The highest BCUT2D eigenvalue weighted by Crippen LogP contribution is 2.33. The Balaban J connectivity index is 2.40. The van der Waals surface area contributed by atoms with Crippen LogP contribution in [0.5, 0.6) is 5.75 Å². The lowest BCUT2D eigenvalue weighted by Gasteiger charge is -2.18. The standard InChI is InChI=1S/C11H12ClNO2/c1-15-10-5-4-8(12)7-9(10)13-6-2-3-11(13)14/h4-5,7H,2-3,6H2,1H3. The summed E-state index contributed by atoms with van der Waals surface area (Å²) in [7, 11) is 1.59. The minimum absolute atomic E-state index is 0.135. The first kappa shape index (κ1) is 10.3. The van der Waals surface area contributed by atoms with Gasteiger partial charge in [-0.25, -0.2) is 0 Å². The quantitative estimate of drug-likeness (QED) is 0.774. The normalized spacial score (nSPS) is 15.9. The van der Waals surface area contributed by atoms with Gasteiger partial charge in [0.05, 0.1) is 12.8 Å². The molecule has 1 fully saturated rings. The van der Waals surface area contributed by atoms with Crippen molar-refractivity contribution in [3.63, 3.8) is 0 Å². The van der Waals surface area contributed by atoms with Crippen molar-refractivity contribution >= 4 is 23.2 Å². The van der Waals surface area contributed by atoms with E-state index in [4.69, 9.17) is 16.3 Å². The number of amides is 1. The topological polar surface area (TPSA) is 29.5 Å². The van der Waals surface area contributed by atoms with Crippen LogP contribution in [-0.4, -0.2) is 19.6 Å². The molecule has 80 valence electrons. The summed E-state index contributed by atoms with van der Waals surface area (Å²) < 4.78 is 5.21. The van der Waals surface area contributed by atoms with Crippen LogP contribution >= 0.6 is 11.6 Å². The maximum Gasteiger partial charge on any atom is 0.227 e. The van der Waals surface area contributed by atoms with E-state index in [1.807, 2.05) is 0 Å². The Bertz CT molecular complexity index is 392. The lowest BCUT2D eigenvalue weighted by molar-refractivity contribution is -0.117. The van der Waals surface area contributed by atoms with Crippen molar-refractivity contribution in [2.75, 3.05) is 18.6 Å². The summed E-state index contributed by atoms with van der Waals surface area (Å²) in [4.78, 5) is 13.3. The van der Waals surface area contributed by atoms with Crippen molar-refractivity contribution in [1.29, 1.82) is 0 Å². The predicted molar refractivity (Wildman–Crippen MR) is 59.6 cm³/mol. The molecule has 0 atom stereocenters. The summed E-state index contributed by atoms with van der Waals surface area (Å²) >= 11 is 5.91. The van der Waals surface area contributed by atoms with Gasteiger partial charge in [-0.05, 0) is 24.6 Å². The third-order valence-corrected chi connectivity index (χ3v) is 2.74. The van der Waals surface area contributed by atoms with E-state index in [9.17, 15) is 4.79 Å². The number of anilines is 1. The first-order chi connectivity index (χ1) is 7.22. The number of hydrogen-bond acceptors (Lipinski definition) is 2. The first-order valence-electron chi connectivity index (χ1n) is 4.86. The van der Waals surface area contributed by atoms with E-state index in [0.717, 1.165) is 18.7 Å². The van der Waals surface area contributed by atoms with E-state index in [1.54, 1.807) is 30.2 Å². The Kier molecular flexibility index (Phi) is 2.82. The van der Waals surface area contributed by atoms with Gasteiger partial charge in [0, 0.05) is 18.0 Å². The fraction of sp³-hybridized carbons (Fsp3) is 0.364. The van der Waals surface area contributed by atoms with Gasteiger partial charge in [-0.15, -0.1) is 0 Å². The summed E-state index contributed by atoms with van der Waals surface area (Å²) in [6.07, 6.45) is 1.50. The highest BCUT2D eigenvalue weighted by atomic mass is 35.5. The summed E-state index contributed by atoms with van der Waals surface area (Å²) in [5.41, 5.74) is 0.771. The number of hydrogen-bond donors (Lipinski definition) is 0. The number of ether oxygens (including phenoxy) is 1. The fourth-order valence-corrected chi connectivity index (χ4v) is 1.94. The Labute approximate surface area is 93.6 Å². The van der Waals surface area contributed by atoms with Crippen LogP contribution in [0.1, 0.15) is 12.8 Å². The number of halogens is 1. The number of methoxy groups -OCH3 is 1. The largest absolute Gasteiger partial charge is 0.495 e. The van der Waals surface area contributed by atoms with Crippen molar-refractivity contribution in [2.45, 2.75) is 12.8 Å². The predicted octanol–water partition coefficient (Wildman–Crippen LogP) is 2.48. The summed E-state index contributed by atoms with van der Waals surface area (Å²) in [5, 5.41) is 0.616. The minimum Gasteiger partial charge on any atom is -0.495 e. The zero-order chi connectivity index (χ0) is 10.8. The summed E-state index contributed by atoms with van der Waals surface area (Å²) in [5.74, 6) is 0.824. The first-order valence-corrected chi connectivity index (χ1v) is 5.24. The summed E-state index contributed by atoms with van der Waals surface area (Å²) in [6.45, 7) is 0.746. The van der Waals surface area contributed by atoms with Gasteiger partial charge in [-0.3, -0.25) is 4.79 Å². The molecule has 1 saturated heterocycles. The molecule has 0 unspecified atom stereocenters. The van der Waals surface area contributed by atoms with E-state index in [2.05, 4.69) is 0 Å². The van der Waals surface area contributed by atoms with Gasteiger partial charge >= 0.3 is 0 Å². The van der Waals surface area contributed by atoms with Crippen LogP contribution in [0, 0.1) is 0 Å². The molecule has 2 rings (SSSR count). The maximum atomic E-state index is 11.6. The zero-order valence-electron chi connectivity index (χ0n) is 8.50. The Hall–Kier alpha value is -1.22. The average Bonchev–Trinajstić information content (AvgIpc) is 2.64. The van der Waals surface area contributed by atoms with Crippen LogP contribution in [0.2, 0.25) is 5.02 Å². The van der Waals surface area contributed by atoms with Gasteiger partial charge in [0.2, 0.25) is 5.91 Å². The van der Waals surface area contributed by atoms with Crippen molar-refractivity contribution in [1.82, 2.24) is 0 Å². The number of nitrogens with zero attached hydrogens (tertiary/aromatic N) is 1. The second-order valence-corrected chi connectivity index (χ2v) is 3.90. The molecular formula is C11H12ClNO2. The van der Waals surface area contributed by atoms with Crippen LogP contribution in [-0.2, 0) is 4.79 Å². The highest BCUT2D eigenvalue weighted by molar-refractivity contribution is 6.31. The number of carbonyl (C=O) groups is 1. The molecule has 1 aliphatic heterocycles. The molecule has 1 amide bonds. The maximum absolute atomic E-state index is 11.6. The average molecular weight is 226 g/mol. The Morgan fingerprint density at radius 2 is 2.27 bits per heavy atom. The SMILES string of the molecule is COc1ccc(Cl)cc1N1CCCC1=O. The molecule has 0 bridgehead atoms. The molecule has 1 aromatic carbocycles. The monoisotopic (exact) mass is 225 g/mol. The molecular weight excluding hydrogens is 214 g/mol. The smallest absolute Gasteiger partial charge is 0.227 e. The van der Waals surface area contributed by atoms with Gasteiger partial charge in [0.1, 0.15) is 5.75 Å². The number of benzene rings is 1. The van der Waals surface area contributed by atoms with Crippen LogP contribution in [0.25, 0.3) is 0 Å². The van der Waals surface area contributed by atoms with Gasteiger partial charge in [-0.1, -0.05) is 11.6 Å². The highest BCUT2D eigenvalue weighted by Gasteiger charge is 2.24. The number of carbonyl (C=O) groups excluding carboxylic acids is 1. The number of rotatable bonds is 2. The van der Waals surface area contributed by atoms with Gasteiger partial charge in [0.25, 0.3) is 0 Å². The van der Waals surface area contributed by atoms with Crippen molar-refractivity contribution in [3.05, 3.63) is 23.2 Å². The second kappa shape index (κ2) is 4.11. The van der Waals surface area contributed by atoms with Crippen LogP contribution in [0.4, 0.5) is 5.69 Å². The molecule has 1 aromatic rings. The van der Waals surface area contributed by atoms with Gasteiger partial charge < -0.3 is 9.64 Å². The van der Waals surface area contributed by atoms with Crippen LogP contribution < -0.4 is 9.64 Å². The molecule has 0 N–H and O–H groups in total. The van der Waals surface area contributed by atoms with Crippen LogP contribution in [0.3, 0.4) is 0 Å². The Morgan fingerprint density at radius 1 is 1.47 bits per heavy atom. The van der Waals surface area contributed by atoms with E-state index in [-0.39, 0.29) is 5.91 Å². The zero-order valence-corrected chi connectivity index (χ0v) is 9.25. The molecule has 1 aliphatic rings. The van der Waals surface area contributed by atoms with E-state index in [1.165, 1.54) is 0 Å². The fourth-order valence-electron chi connectivity index (χ4n) is 1.78. The third-order valence-electron chi connectivity index (χ3n) is 2.51. The molecule has 3 nitrogen and oxygen atoms in total.